The molecule has 3 nitrogen and oxygen atoms in total. The molecule has 2 aliphatic heterocycles. The second kappa shape index (κ2) is 6.12. The summed E-state index contributed by atoms with van der Waals surface area (Å²) >= 11 is 1.65. The molecule has 3 atom stereocenters. The summed E-state index contributed by atoms with van der Waals surface area (Å²) in [6, 6.07) is 0.965. The SMILES string of the molecule is CSC(C)C(=O)N1C2CCNCC1CC2.Cl. The van der Waals surface area contributed by atoms with Crippen LogP contribution in [0, 0.1) is 0 Å². The van der Waals surface area contributed by atoms with E-state index in [0.717, 1.165) is 19.5 Å². The minimum atomic E-state index is 0. The average Bonchev–Trinajstić information content (AvgIpc) is 2.50. The van der Waals surface area contributed by atoms with Crippen molar-refractivity contribution >= 4 is 30.1 Å². The van der Waals surface area contributed by atoms with Crippen molar-refractivity contribution < 1.29 is 4.79 Å². The predicted octanol–water partition coefficient (Wildman–Crippen LogP) is 1.51. The summed E-state index contributed by atoms with van der Waals surface area (Å²) < 4.78 is 0. The van der Waals surface area contributed by atoms with Crippen molar-refractivity contribution in [2.75, 3.05) is 19.3 Å². The average molecular weight is 265 g/mol. The summed E-state index contributed by atoms with van der Waals surface area (Å²) in [4.78, 5) is 14.4. The lowest BCUT2D eigenvalue weighted by molar-refractivity contribution is -0.132. The first kappa shape index (κ1) is 14.1. The van der Waals surface area contributed by atoms with Crippen molar-refractivity contribution in [1.82, 2.24) is 10.2 Å². The van der Waals surface area contributed by atoms with E-state index in [1.54, 1.807) is 11.8 Å². The van der Waals surface area contributed by atoms with E-state index in [4.69, 9.17) is 0 Å². The van der Waals surface area contributed by atoms with Crippen LogP contribution in [0.25, 0.3) is 0 Å². The van der Waals surface area contributed by atoms with Gasteiger partial charge in [0, 0.05) is 18.6 Å². The monoisotopic (exact) mass is 264 g/mol. The number of hydrogen-bond donors (Lipinski definition) is 1. The number of thioether (sulfide) groups is 1. The van der Waals surface area contributed by atoms with Crippen LogP contribution in [0.2, 0.25) is 0 Å². The Kier molecular flexibility index (Phi) is 5.41. The Hall–Kier alpha value is 0.0700. The maximum atomic E-state index is 12.2. The standard InChI is InChI=1S/C11H20N2OS.ClH/c1-8(15-2)11(14)13-9-3-4-10(13)7-12-6-5-9;/h8-10,12H,3-7H2,1-2H3;1H. The Morgan fingerprint density at radius 2 is 2.06 bits per heavy atom. The molecule has 0 aromatic heterocycles. The van der Waals surface area contributed by atoms with E-state index in [1.165, 1.54) is 12.8 Å². The Morgan fingerprint density at radius 1 is 1.38 bits per heavy atom. The number of nitrogens with one attached hydrogen (secondary N) is 1. The molecule has 0 aromatic rings. The van der Waals surface area contributed by atoms with Crippen LogP contribution in [0.1, 0.15) is 26.2 Å². The van der Waals surface area contributed by atoms with E-state index in [9.17, 15) is 4.79 Å². The topological polar surface area (TPSA) is 32.3 Å². The number of carbonyl (C=O) groups excluding carboxylic acids is 1. The van der Waals surface area contributed by atoms with Gasteiger partial charge >= 0.3 is 0 Å². The third-order valence-corrected chi connectivity index (χ3v) is 4.52. The maximum Gasteiger partial charge on any atom is 0.235 e. The van der Waals surface area contributed by atoms with E-state index >= 15 is 0 Å². The fourth-order valence-electron chi connectivity index (χ4n) is 2.65. The number of fused-ring (bicyclic) bond motifs is 2. The van der Waals surface area contributed by atoms with Gasteiger partial charge in [-0.2, -0.15) is 11.8 Å². The van der Waals surface area contributed by atoms with Gasteiger partial charge in [0.05, 0.1) is 5.25 Å². The van der Waals surface area contributed by atoms with Gasteiger partial charge < -0.3 is 10.2 Å². The van der Waals surface area contributed by atoms with E-state index in [0.29, 0.717) is 18.0 Å². The van der Waals surface area contributed by atoms with Crippen molar-refractivity contribution in [3.05, 3.63) is 0 Å². The van der Waals surface area contributed by atoms with Crippen LogP contribution in [0.4, 0.5) is 0 Å². The van der Waals surface area contributed by atoms with Gasteiger partial charge in [0.2, 0.25) is 5.91 Å². The van der Waals surface area contributed by atoms with Crippen molar-refractivity contribution in [1.29, 1.82) is 0 Å². The molecule has 1 N–H and O–H groups in total. The van der Waals surface area contributed by atoms with Crippen LogP contribution < -0.4 is 5.32 Å². The van der Waals surface area contributed by atoms with Gasteiger partial charge in [-0.1, -0.05) is 0 Å². The molecule has 1 amide bonds. The molecule has 2 fully saturated rings. The molecule has 3 unspecified atom stereocenters. The third-order valence-electron chi connectivity index (χ3n) is 3.61. The van der Waals surface area contributed by atoms with Gasteiger partial charge in [0.1, 0.15) is 0 Å². The molecule has 2 aliphatic rings. The minimum absolute atomic E-state index is 0. The van der Waals surface area contributed by atoms with Crippen LogP contribution in [0.5, 0.6) is 0 Å². The summed E-state index contributed by atoms with van der Waals surface area (Å²) in [5.74, 6) is 0.346. The second-order valence-electron chi connectivity index (χ2n) is 4.50. The number of hydrogen-bond acceptors (Lipinski definition) is 3. The van der Waals surface area contributed by atoms with Crippen molar-refractivity contribution in [2.45, 2.75) is 43.5 Å². The zero-order chi connectivity index (χ0) is 10.8. The van der Waals surface area contributed by atoms with Crippen LogP contribution in [-0.2, 0) is 4.79 Å². The van der Waals surface area contributed by atoms with E-state index in [-0.39, 0.29) is 17.7 Å². The molecule has 0 radical (unpaired) electrons. The zero-order valence-electron chi connectivity index (χ0n) is 9.94. The highest BCUT2D eigenvalue weighted by atomic mass is 35.5. The highest BCUT2D eigenvalue weighted by Gasteiger charge is 2.39. The Labute approximate surface area is 108 Å². The molecule has 2 bridgehead atoms. The quantitative estimate of drug-likeness (QED) is 0.821. The van der Waals surface area contributed by atoms with Gasteiger partial charge in [0.15, 0.2) is 0 Å². The smallest absolute Gasteiger partial charge is 0.235 e. The summed E-state index contributed by atoms with van der Waals surface area (Å²) in [6.45, 7) is 4.08. The Balaban J connectivity index is 0.00000128. The number of rotatable bonds is 2. The maximum absolute atomic E-state index is 12.2. The van der Waals surface area contributed by atoms with Crippen molar-refractivity contribution in [2.24, 2.45) is 0 Å². The van der Waals surface area contributed by atoms with Crippen molar-refractivity contribution in [3.63, 3.8) is 0 Å². The summed E-state index contributed by atoms with van der Waals surface area (Å²) in [7, 11) is 0. The molecule has 16 heavy (non-hydrogen) atoms. The van der Waals surface area contributed by atoms with Gasteiger partial charge in [-0.3, -0.25) is 4.79 Å². The summed E-state index contributed by atoms with van der Waals surface area (Å²) in [5, 5.41) is 3.54. The summed E-state index contributed by atoms with van der Waals surface area (Å²) in [5.41, 5.74) is 0. The molecular formula is C11H21ClN2OS. The largest absolute Gasteiger partial charge is 0.334 e. The lowest BCUT2D eigenvalue weighted by atomic mass is 10.1. The van der Waals surface area contributed by atoms with Crippen LogP contribution in [0.3, 0.4) is 0 Å². The van der Waals surface area contributed by atoms with Crippen LogP contribution in [0.15, 0.2) is 0 Å². The van der Waals surface area contributed by atoms with Gasteiger partial charge in [-0.05, 0) is 39.0 Å². The fourth-order valence-corrected chi connectivity index (χ4v) is 2.98. The first-order valence-corrected chi connectivity index (χ1v) is 7.08. The first-order valence-electron chi connectivity index (χ1n) is 5.79. The number of amides is 1. The van der Waals surface area contributed by atoms with Crippen molar-refractivity contribution in [3.8, 4) is 0 Å². The molecule has 0 spiro atoms. The first-order chi connectivity index (χ1) is 7.24. The summed E-state index contributed by atoms with van der Waals surface area (Å²) in [6.07, 6.45) is 5.54. The van der Waals surface area contributed by atoms with E-state index in [2.05, 4.69) is 10.2 Å². The Bertz CT molecular complexity index is 238. The highest BCUT2D eigenvalue weighted by Crippen LogP contribution is 2.29. The molecule has 0 aromatic carbocycles. The lowest BCUT2D eigenvalue weighted by Crippen LogP contribution is -2.45. The van der Waals surface area contributed by atoms with Gasteiger partial charge in [-0.15, -0.1) is 12.4 Å². The van der Waals surface area contributed by atoms with Gasteiger partial charge in [0.25, 0.3) is 0 Å². The lowest BCUT2D eigenvalue weighted by Gasteiger charge is -2.30. The van der Waals surface area contributed by atoms with Gasteiger partial charge in [-0.25, -0.2) is 0 Å². The van der Waals surface area contributed by atoms with E-state index < -0.39 is 0 Å². The molecule has 2 rings (SSSR count). The third kappa shape index (κ3) is 2.66. The second-order valence-corrected chi connectivity index (χ2v) is 5.68. The number of halogens is 1. The van der Waals surface area contributed by atoms with Crippen LogP contribution >= 0.6 is 24.2 Å². The molecule has 2 saturated heterocycles. The fraction of sp³-hybridized carbons (Fsp3) is 0.909. The molecule has 5 heteroatoms. The molecule has 0 saturated carbocycles. The molecule has 0 aliphatic carbocycles. The van der Waals surface area contributed by atoms with Crippen LogP contribution in [-0.4, -0.2) is 47.5 Å². The normalized spacial score (nSPS) is 30.5. The molecule has 94 valence electrons. The predicted molar refractivity (Wildman–Crippen MR) is 71.4 cm³/mol. The van der Waals surface area contributed by atoms with E-state index in [1.807, 2.05) is 13.2 Å². The number of carbonyl (C=O) groups is 1. The minimum Gasteiger partial charge on any atom is -0.334 e. The number of nitrogens with zero attached hydrogens (tertiary/aromatic N) is 1. The molecular weight excluding hydrogens is 244 g/mol. The molecule has 2 heterocycles. The highest BCUT2D eigenvalue weighted by molar-refractivity contribution is 7.99. The Morgan fingerprint density at radius 3 is 2.75 bits per heavy atom. The zero-order valence-corrected chi connectivity index (χ0v) is 11.6.